The molecule has 4 rings (SSSR count). The summed E-state index contributed by atoms with van der Waals surface area (Å²) in [6.45, 7) is 0.579. The molecule has 1 aromatic carbocycles. The zero-order valence-corrected chi connectivity index (χ0v) is 15.2. The molecule has 27 heavy (non-hydrogen) atoms. The summed E-state index contributed by atoms with van der Waals surface area (Å²) in [5, 5.41) is 5.78. The third kappa shape index (κ3) is 4.33. The van der Waals surface area contributed by atoms with Crippen molar-refractivity contribution in [2.24, 2.45) is 0 Å². The van der Waals surface area contributed by atoms with E-state index in [1.54, 1.807) is 24.7 Å². The summed E-state index contributed by atoms with van der Waals surface area (Å²) in [6.07, 6.45) is 6.01. The molecule has 3 aromatic heterocycles. The molecule has 5 nitrogen and oxygen atoms in total. The van der Waals surface area contributed by atoms with Crippen molar-refractivity contribution in [1.82, 2.24) is 15.0 Å². The lowest BCUT2D eigenvalue weighted by atomic mass is 10.1. The van der Waals surface area contributed by atoms with Crippen LogP contribution in [0.1, 0.15) is 5.69 Å². The number of nitrogens with one attached hydrogen (secondary N) is 1. The number of pyridine rings is 3. The average Bonchev–Trinajstić information content (AvgIpc) is 2.71. The van der Waals surface area contributed by atoms with Crippen molar-refractivity contribution in [2.45, 2.75) is 6.42 Å². The van der Waals surface area contributed by atoms with Crippen LogP contribution in [0.3, 0.4) is 0 Å². The molecule has 0 spiro atoms. The second kappa shape index (κ2) is 8.01. The van der Waals surface area contributed by atoms with Crippen molar-refractivity contribution in [2.75, 3.05) is 11.9 Å². The van der Waals surface area contributed by atoms with Crippen LogP contribution in [0.25, 0.3) is 10.8 Å². The number of anilines is 2. The first-order chi connectivity index (χ1) is 13.3. The standard InChI is InChI=1S/C21H17ClN4O/c22-20-7-4-17(14-25-20)26-21-19-6-5-18(13-15(19)8-11-24-21)27-12-9-16-3-1-2-10-23-16/h1-8,10-11,13-14H,9,12H2,(H,24,26). The van der Waals surface area contributed by atoms with Crippen LogP contribution in [0.2, 0.25) is 5.15 Å². The van der Waals surface area contributed by atoms with Crippen molar-refractivity contribution in [1.29, 1.82) is 0 Å². The molecule has 0 unspecified atom stereocenters. The Bertz CT molecular complexity index is 1040. The highest BCUT2D eigenvalue weighted by molar-refractivity contribution is 6.29. The van der Waals surface area contributed by atoms with Gasteiger partial charge >= 0.3 is 0 Å². The maximum atomic E-state index is 5.88. The number of fused-ring (bicyclic) bond motifs is 1. The molecule has 0 radical (unpaired) electrons. The summed E-state index contributed by atoms with van der Waals surface area (Å²) in [6, 6.07) is 17.4. The number of hydrogen-bond donors (Lipinski definition) is 1. The summed E-state index contributed by atoms with van der Waals surface area (Å²) in [5.41, 5.74) is 1.85. The van der Waals surface area contributed by atoms with Crippen LogP contribution >= 0.6 is 11.6 Å². The normalized spacial score (nSPS) is 10.7. The first-order valence-corrected chi connectivity index (χ1v) is 8.96. The monoisotopic (exact) mass is 376 g/mol. The van der Waals surface area contributed by atoms with Gasteiger partial charge in [0.1, 0.15) is 16.7 Å². The van der Waals surface area contributed by atoms with E-state index < -0.39 is 0 Å². The number of ether oxygens (including phenoxy) is 1. The Balaban J connectivity index is 1.48. The van der Waals surface area contributed by atoms with Gasteiger partial charge in [0.2, 0.25) is 0 Å². The first kappa shape index (κ1) is 17.2. The van der Waals surface area contributed by atoms with Gasteiger partial charge in [-0.05, 0) is 53.9 Å². The third-order valence-corrected chi connectivity index (χ3v) is 4.30. The average molecular weight is 377 g/mol. The summed E-state index contributed by atoms with van der Waals surface area (Å²) in [7, 11) is 0. The fourth-order valence-electron chi connectivity index (χ4n) is 2.75. The van der Waals surface area contributed by atoms with E-state index in [1.165, 1.54) is 0 Å². The summed E-state index contributed by atoms with van der Waals surface area (Å²) in [4.78, 5) is 12.8. The minimum absolute atomic E-state index is 0.457. The van der Waals surface area contributed by atoms with E-state index in [0.29, 0.717) is 11.8 Å². The lowest BCUT2D eigenvalue weighted by Gasteiger charge is -2.11. The van der Waals surface area contributed by atoms with Crippen LogP contribution in [0.5, 0.6) is 5.75 Å². The van der Waals surface area contributed by atoms with Crippen LogP contribution in [0.4, 0.5) is 11.5 Å². The maximum Gasteiger partial charge on any atom is 0.138 e. The van der Waals surface area contributed by atoms with Crippen LogP contribution < -0.4 is 10.1 Å². The van der Waals surface area contributed by atoms with E-state index in [0.717, 1.165) is 40.1 Å². The van der Waals surface area contributed by atoms with E-state index in [4.69, 9.17) is 16.3 Å². The summed E-state index contributed by atoms with van der Waals surface area (Å²) in [5.74, 6) is 1.58. The molecule has 0 atom stereocenters. The zero-order valence-electron chi connectivity index (χ0n) is 14.5. The van der Waals surface area contributed by atoms with Gasteiger partial charge in [-0.25, -0.2) is 9.97 Å². The Morgan fingerprint density at radius 1 is 0.926 bits per heavy atom. The van der Waals surface area contributed by atoms with Gasteiger partial charge in [0.15, 0.2) is 0 Å². The van der Waals surface area contributed by atoms with Crippen molar-refractivity contribution >= 4 is 33.9 Å². The van der Waals surface area contributed by atoms with Gasteiger partial charge in [0, 0.05) is 29.9 Å². The second-order valence-corrected chi connectivity index (χ2v) is 6.34. The molecule has 0 fully saturated rings. The Kier molecular flexibility index (Phi) is 5.12. The van der Waals surface area contributed by atoms with Gasteiger partial charge in [-0.2, -0.15) is 0 Å². The van der Waals surface area contributed by atoms with E-state index in [2.05, 4.69) is 20.3 Å². The number of aromatic nitrogens is 3. The van der Waals surface area contributed by atoms with E-state index >= 15 is 0 Å². The van der Waals surface area contributed by atoms with Crippen molar-refractivity contribution in [3.63, 3.8) is 0 Å². The minimum atomic E-state index is 0.457. The molecular weight excluding hydrogens is 360 g/mol. The fraction of sp³-hybridized carbons (Fsp3) is 0.0952. The van der Waals surface area contributed by atoms with Gasteiger partial charge in [-0.1, -0.05) is 17.7 Å². The Labute approximate surface area is 162 Å². The minimum Gasteiger partial charge on any atom is -0.493 e. The maximum absolute atomic E-state index is 5.88. The molecule has 4 aromatic rings. The number of halogens is 1. The van der Waals surface area contributed by atoms with E-state index in [9.17, 15) is 0 Å². The quantitative estimate of drug-likeness (QED) is 0.477. The fourth-order valence-corrected chi connectivity index (χ4v) is 2.86. The van der Waals surface area contributed by atoms with Crippen LogP contribution in [0, 0.1) is 0 Å². The highest BCUT2D eigenvalue weighted by Crippen LogP contribution is 2.27. The molecule has 134 valence electrons. The zero-order chi connectivity index (χ0) is 18.5. The molecular formula is C21H17ClN4O. The van der Waals surface area contributed by atoms with Crippen LogP contribution in [-0.2, 0) is 6.42 Å². The summed E-state index contributed by atoms with van der Waals surface area (Å²) < 4.78 is 5.88. The Morgan fingerprint density at radius 3 is 2.70 bits per heavy atom. The lowest BCUT2D eigenvalue weighted by Crippen LogP contribution is -2.02. The predicted molar refractivity (Wildman–Crippen MR) is 108 cm³/mol. The number of nitrogens with zero attached hydrogens (tertiary/aromatic N) is 3. The SMILES string of the molecule is Clc1ccc(Nc2nccc3cc(OCCc4ccccn4)ccc23)cn1. The van der Waals surface area contributed by atoms with E-state index in [1.807, 2.05) is 48.5 Å². The van der Waals surface area contributed by atoms with Crippen molar-refractivity contribution < 1.29 is 4.74 Å². The molecule has 3 heterocycles. The number of rotatable bonds is 6. The largest absolute Gasteiger partial charge is 0.493 e. The molecule has 0 amide bonds. The molecule has 0 aliphatic heterocycles. The lowest BCUT2D eigenvalue weighted by molar-refractivity contribution is 0.321. The number of hydrogen-bond acceptors (Lipinski definition) is 5. The predicted octanol–water partition coefficient (Wildman–Crippen LogP) is 5.04. The van der Waals surface area contributed by atoms with Gasteiger partial charge in [0.05, 0.1) is 18.5 Å². The van der Waals surface area contributed by atoms with Gasteiger partial charge in [0.25, 0.3) is 0 Å². The van der Waals surface area contributed by atoms with Crippen LogP contribution in [-0.4, -0.2) is 21.6 Å². The van der Waals surface area contributed by atoms with Crippen molar-refractivity contribution in [3.8, 4) is 5.75 Å². The molecule has 0 aliphatic carbocycles. The first-order valence-electron chi connectivity index (χ1n) is 8.58. The van der Waals surface area contributed by atoms with E-state index in [-0.39, 0.29) is 0 Å². The third-order valence-electron chi connectivity index (χ3n) is 4.08. The van der Waals surface area contributed by atoms with Gasteiger partial charge < -0.3 is 10.1 Å². The molecule has 0 bridgehead atoms. The molecule has 0 saturated carbocycles. The Morgan fingerprint density at radius 2 is 1.89 bits per heavy atom. The smallest absolute Gasteiger partial charge is 0.138 e. The Hall–Kier alpha value is -3.18. The number of benzene rings is 1. The molecule has 0 saturated heterocycles. The molecule has 6 heteroatoms. The highest BCUT2D eigenvalue weighted by Gasteiger charge is 2.05. The topological polar surface area (TPSA) is 59.9 Å². The molecule has 0 aliphatic rings. The van der Waals surface area contributed by atoms with Crippen LogP contribution in [0.15, 0.2) is 73.2 Å². The molecule has 1 N–H and O–H groups in total. The van der Waals surface area contributed by atoms with Crippen molar-refractivity contribution in [3.05, 3.63) is 84.0 Å². The van der Waals surface area contributed by atoms with Gasteiger partial charge in [-0.15, -0.1) is 0 Å². The highest BCUT2D eigenvalue weighted by atomic mass is 35.5. The summed E-state index contributed by atoms with van der Waals surface area (Å²) >= 11 is 5.84. The second-order valence-electron chi connectivity index (χ2n) is 5.96. The van der Waals surface area contributed by atoms with Gasteiger partial charge in [-0.3, -0.25) is 4.98 Å².